The molecule has 6 heteroatoms. The second kappa shape index (κ2) is 6.58. The number of aromatic amines is 1. The first kappa shape index (κ1) is 16.0. The number of nitrogens with zero attached hydrogens (tertiary/aromatic N) is 3. The van der Waals surface area contributed by atoms with Crippen LogP contribution in [0, 0.1) is 0 Å². The van der Waals surface area contributed by atoms with Crippen LogP contribution < -0.4 is 0 Å². The number of H-pyrrole nitrogens is 1. The van der Waals surface area contributed by atoms with Gasteiger partial charge in [0.25, 0.3) is 5.91 Å². The average molecular weight is 294 g/mol. The lowest BCUT2D eigenvalue weighted by Gasteiger charge is -2.42. The average Bonchev–Trinajstić information content (AvgIpc) is 2.99. The number of likely N-dealkylation sites (N-methyl/N-ethyl adjacent to an activating group) is 1. The summed E-state index contributed by atoms with van der Waals surface area (Å²) in [6.45, 7) is 8.65. The molecule has 1 aromatic heterocycles. The van der Waals surface area contributed by atoms with Crippen LogP contribution in [0.5, 0.6) is 0 Å². The molecule has 1 aliphatic heterocycles. The van der Waals surface area contributed by atoms with Crippen molar-refractivity contribution in [3.8, 4) is 0 Å². The Morgan fingerprint density at radius 2 is 2.29 bits per heavy atom. The lowest BCUT2D eigenvalue weighted by molar-refractivity contribution is -0.153. The van der Waals surface area contributed by atoms with Crippen LogP contribution in [0.15, 0.2) is 12.4 Å². The van der Waals surface area contributed by atoms with E-state index in [1.54, 1.807) is 24.2 Å². The Morgan fingerprint density at radius 1 is 1.52 bits per heavy atom. The van der Waals surface area contributed by atoms with E-state index in [0.29, 0.717) is 19.5 Å². The molecule has 2 N–H and O–H groups in total. The molecular weight excluding hydrogens is 268 g/mol. The molecule has 1 aromatic rings. The fourth-order valence-corrected chi connectivity index (χ4v) is 3.04. The zero-order valence-electron chi connectivity index (χ0n) is 13.2. The Hall–Kier alpha value is -1.40. The van der Waals surface area contributed by atoms with Crippen LogP contribution in [0.2, 0.25) is 0 Å². The van der Waals surface area contributed by atoms with Gasteiger partial charge in [-0.3, -0.25) is 9.69 Å². The van der Waals surface area contributed by atoms with Crippen LogP contribution in [0.4, 0.5) is 0 Å². The molecule has 1 saturated heterocycles. The smallest absolute Gasteiger partial charge is 0.254 e. The van der Waals surface area contributed by atoms with Crippen LogP contribution in [-0.4, -0.2) is 62.6 Å². The molecule has 1 amide bonds. The maximum atomic E-state index is 12.5. The molecule has 2 rings (SSSR count). The first-order valence-corrected chi connectivity index (χ1v) is 7.74. The number of hydrogen-bond donors (Lipinski definition) is 2. The minimum atomic E-state index is -1.27. The van der Waals surface area contributed by atoms with Crippen molar-refractivity contribution in [2.45, 2.75) is 45.3 Å². The zero-order chi connectivity index (χ0) is 15.5. The van der Waals surface area contributed by atoms with Gasteiger partial charge >= 0.3 is 0 Å². The molecule has 0 aliphatic carbocycles. The lowest BCUT2D eigenvalue weighted by atomic mass is 9.97. The maximum Gasteiger partial charge on any atom is 0.254 e. The highest BCUT2D eigenvalue weighted by Gasteiger charge is 2.38. The minimum absolute atomic E-state index is 0.0696. The highest BCUT2D eigenvalue weighted by atomic mass is 16.3. The predicted octanol–water partition coefficient (Wildman–Crippen LogP) is 1.17. The molecule has 0 radical (unpaired) electrons. The van der Waals surface area contributed by atoms with Crippen LogP contribution in [-0.2, 0) is 4.79 Å². The van der Waals surface area contributed by atoms with Crippen LogP contribution >= 0.6 is 0 Å². The number of imidazole rings is 1. The van der Waals surface area contributed by atoms with Crippen LogP contribution in [0.1, 0.15) is 45.5 Å². The molecule has 0 aromatic carbocycles. The van der Waals surface area contributed by atoms with E-state index in [1.807, 2.05) is 6.92 Å². The fraction of sp³-hybridized carbons (Fsp3) is 0.733. The highest BCUT2D eigenvalue weighted by Crippen LogP contribution is 2.25. The molecule has 0 unspecified atom stereocenters. The van der Waals surface area contributed by atoms with Gasteiger partial charge in [-0.1, -0.05) is 20.3 Å². The van der Waals surface area contributed by atoms with Gasteiger partial charge in [0.05, 0.1) is 6.04 Å². The summed E-state index contributed by atoms with van der Waals surface area (Å²) >= 11 is 0. The third-order valence-electron chi connectivity index (χ3n) is 4.22. The zero-order valence-corrected chi connectivity index (χ0v) is 13.2. The van der Waals surface area contributed by atoms with Gasteiger partial charge in [0.2, 0.25) is 0 Å². The second-order valence-electron chi connectivity index (χ2n) is 5.89. The number of aromatic nitrogens is 2. The van der Waals surface area contributed by atoms with Crippen molar-refractivity contribution in [3.63, 3.8) is 0 Å². The standard InChI is InChI=1S/C15H26N4O2/c1-4-6-15(3,21)14(20)19-10-9-18(5-2)12(11-19)13-16-7-8-17-13/h7-8,12,21H,4-6,9-11H2,1-3H3,(H,16,17)/t12-,15-/m1/s1. The molecular formula is C15H26N4O2. The fourth-order valence-electron chi connectivity index (χ4n) is 3.04. The number of amides is 1. The summed E-state index contributed by atoms with van der Waals surface area (Å²) in [5, 5.41) is 10.3. The summed E-state index contributed by atoms with van der Waals surface area (Å²) in [6, 6.07) is 0.0696. The molecule has 1 aliphatic rings. The number of nitrogens with one attached hydrogen (secondary N) is 1. The van der Waals surface area contributed by atoms with E-state index in [9.17, 15) is 9.90 Å². The van der Waals surface area contributed by atoms with Crippen molar-refractivity contribution in [1.82, 2.24) is 19.8 Å². The van der Waals surface area contributed by atoms with Gasteiger partial charge in [-0.15, -0.1) is 0 Å². The predicted molar refractivity (Wildman–Crippen MR) is 80.7 cm³/mol. The number of carbonyl (C=O) groups excluding carboxylic acids is 1. The van der Waals surface area contributed by atoms with Crippen molar-refractivity contribution in [1.29, 1.82) is 0 Å². The summed E-state index contributed by atoms with van der Waals surface area (Å²) in [5.74, 6) is 0.709. The first-order chi connectivity index (χ1) is 9.99. The second-order valence-corrected chi connectivity index (χ2v) is 5.89. The molecule has 21 heavy (non-hydrogen) atoms. The van der Waals surface area contributed by atoms with Gasteiger partial charge in [-0.25, -0.2) is 4.98 Å². The topological polar surface area (TPSA) is 72.5 Å². The van der Waals surface area contributed by atoms with E-state index in [2.05, 4.69) is 21.8 Å². The van der Waals surface area contributed by atoms with E-state index in [1.165, 1.54) is 0 Å². The molecule has 118 valence electrons. The highest BCUT2D eigenvalue weighted by molar-refractivity contribution is 5.84. The maximum absolute atomic E-state index is 12.5. The Bertz CT molecular complexity index is 458. The number of rotatable bonds is 5. The largest absolute Gasteiger partial charge is 0.380 e. The third-order valence-corrected chi connectivity index (χ3v) is 4.22. The molecule has 0 saturated carbocycles. The van der Waals surface area contributed by atoms with E-state index < -0.39 is 5.60 Å². The molecule has 0 spiro atoms. The van der Waals surface area contributed by atoms with E-state index in [4.69, 9.17) is 0 Å². The minimum Gasteiger partial charge on any atom is -0.380 e. The number of carbonyl (C=O) groups is 1. The van der Waals surface area contributed by atoms with Gasteiger partial charge in [0.1, 0.15) is 11.4 Å². The normalized spacial score (nSPS) is 23.0. The van der Waals surface area contributed by atoms with Crippen molar-refractivity contribution < 1.29 is 9.90 Å². The van der Waals surface area contributed by atoms with Crippen LogP contribution in [0.25, 0.3) is 0 Å². The van der Waals surface area contributed by atoms with E-state index in [-0.39, 0.29) is 11.9 Å². The number of aliphatic hydroxyl groups is 1. The Morgan fingerprint density at radius 3 is 2.86 bits per heavy atom. The van der Waals surface area contributed by atoms with E-state index in [0.717, 1.165) is 25.3 Å². The van der Waals surface area contributed by atoms with E-state index >= 15 is 0 Å². The van der Waals surface area contributed by atoms with Crippen LogP contribution in [0.3, 0.4) is 0 Å². The van der Waals surface area contributed by atoms with Crippen molar-refractivity contribution >= 4 is 5.91 Å². The SMILES string of the molecule is CCC[C@@](C)(O)C(=O)N1CCN(CC)[C@@H](c2ncc[nH]2)C1. The summed E-state index contributed by atoms with van der Waals surface area (Å²) in [7, 11) is 0. The van der Waals surface area contributed by atoms with Crippen molar-refractivity contribution in [3.05, 3.63) is 18.2 Å². The molecule has 2 atom stereocenters. The van der Waals surface area contributed by atoms with Gasteiger partial charge in [0.15, 0.2) is 0 Å². The molecule has 0 bridgehead atoms. The van der Waals surface area contributed by atoms with Crippen molar-refractivity contribution in [2.75, 3.05) is 26.2 Å². The summed E-state index contributed by atoms with van der Waals surface area (Å²) < 4.78 is 0. The third kappa shape index (κ3) is 3.44. The molecule has 1 fully saturated rings. The summed E-state index contributed by atoms with van der Waals surface area (Å²) in [5.41, 5.74) is -1.27. The number of piperazine rings is 1. The Labute approximate surface area is 126 Å². The molecule has 2 heterocycles. The summed E-state index contributed by atoms with van der Waals surface area (Å²) in [4.78, 5) is 24.1. The molecule has 6 nitrogen and oxygen atoms in total. The van der Waals surface area contributed by atoms with Gasteiger partial charge in [0, 0.05) is 32.0 Å². The first-order valence-electron chi connectivity index (χ1n) is 7.74. The van der Waals surface area contributed by atoms with Crippen molar-refractivity contribution in [2.24, 2.45) is 0 Å². The Kier molecular flexibility index (Phi) is 5.00. The lowest BCUT2D eigenvalue weighted by Crippen LogP contribution is -2.55. The monoisotopic (exact) mass is 294 g/mol. The van der Waals surface area contributed by atoms with Gasteiger partial charge < -0.3 is 15.0 Å². The quantitative estimate of drug-likeness (QED) is 0.855. The van der Waals surface area contributed by atoms with Gasteiger partial charge in [-0.2, -0.15) is 0 Å². The number of hydrogen-bond acceptors (Lipinski definition) is 4. The Balaban J connectivity index is 2.12. The summed E-state index contributed by atoms with van der Waals surface area (Å²) in [6.07, 6.45) is 4.81. The van der Waals surface area contributed by atoms with Gasteiger partial charge in [-0.05, 0) is 19.9 Å².